The molecule has 0 saturated carbocycles. The van der Waals surface area contributed by atoms with Gasteiger partial charge in [-0.3, -0.25) is 14.5 Å². The van der Waals surface area contributed by atoms with Crippen LogP contribution in [0.2, 0.25) is 5.02 Å². The Hall–Kier alpha value is -2.95. The molecule has 1 fully saturated rings. The number of nitrogens with zero attached hydrogens (tertiary/aromatic N) is 4. The lowest BCUT2D eigenvalue weighted by Crippen LogP contribution is -2.55. The van der Waals surface area contributed by atoms with Gasteiger partial charge < -0.3 is 9.80 Å². The van der Waals surface area contributed by atoms with Crippen molar-refractivity contribution in [3.05, 3.63) is 64.9 Å². The number of nitriles is 1. The lowest BCUT2D eigenvalue weighted by atomic mass is 10.1. The maximum atomic E-state index is 14.0. The second-order valence-corrected chi connectivity index (χ2v) is 7.80. The molecule has 31 heavy (non-hydrogen) atoms. The zero-order chi connectivity index (χ0) is 22.4. The summed E-state index contributed by atoms with van der Waals surface area (Å²) in [6.45, 7) is 3.89. The number of rotatable bonds is 6. The predicted octanol–water partition coefficient (Wildman–Crippen LogP) is 3.57. The van der Waals surface area contributed by atoms with E-state index in [1.807, 2.05) is 42.2 Å². The van der Waals surface area contributed by atoms with E-state index in [-0.39, 0.29) is 17.9 Å². The number of halogens is 2. The van der Waals surface area contributed by atoms with Gasteiger partial charge in [-0.05, 0) is 37.3 Å². The summed E-state index contributed by atoms with van der Waals surface area (Å²) in [5, 5.41) is 9.28. The van der Waals surface area contributed by atoms with Crippen molar-refractivity contribution in [1.29, 1.82) is 5.26 Å². The first kappa shape index (κ1) is 22.7. The van der Waals surface area contributed by atoms with Crippen molar-refractivity contribution in [2.75, 3.05) is 37.6 Å². The van der Waals surface area contributed by atoms with E-state index in [1.165, 1.54) is 18.2 Å². The molecular formula is C23H24ClFN4O2. The lowest BCUT2D eigenvalue weighted by molar-refractivity contribution is -0.123. The number of carbonyl (C=O) groups is 2. The molecule has 1 atom stereocenters. The Kier molecular flexibility index (Phi) is 7.61. The summed E-state index contributed by atoms with van der Waals surface area (Å²) < 4.78 is 14.0. The van der Waals surface area contributed by atoms with Gasteiger partial charge in [-0.2, -0.15) is 5.26 Å². The number of benzene rings is 2. The third-order valence-electron chi connectivity index (χ3n) is 5.45. The summed E-state index contributed by atoms with van der Waals surface area (Å²) in [7, 11) is 0. The third-order valence-corrected chi connectivity index (χ3v) is 5.68. The minimum absolute atomic E-state index is 0.0446. The maximum Gasteiger partial charge on any atom is 0.256 e. The summed E-state index contributed by atoms with van der Waals surface area (Å²) in [6, 6.07) is 14.9. The smallest absolute Gasteiger partial charge is 0.256 e. The highest BCUT2D eigenvalue weighted by molar-refractivity contribution is 6.31. The van der Waals surface area contributed by atoms with Gasteiger partial charge in [0.15, 0.2) is 0 Å². The fraction of sp³-hybridized carbons (Fsp3) is 0.348. The third kappa shape index (κ3) is 5.40. The molecule has 2 amide bonds. The molecule has 6 nitrogen and oxygen atoms in total. The van der Waals surface area contributed by atoms with E-state index in [2.05, 4.69) is 6.07 Å². The van der Waals surface area contributed by atoms with Crippen LogP contribution in [0.5, 0.6) is 0 Å². The zero-order valence-corrected chi connectivity index (χ0v) is 18.1. The summed E-state index contributed by atoms with van der Waals surface area (Å²) >= 11 is 5.91. The fourth-order valence-corrected chi connectivity index (χ4v) is 3.83. The Morgan fingerprint density at radius 3 is 2.48 bits per heavy atom. The normalized spacial score (nSPS) is 15.2. The van der Waals surface area contributed by atoms with E-state index < -0.39 is 17.8 Å². The SMILES string of the molecule is CC(C(=O)N(CCC#N)c1ccccc1)N1CCN(C(=O)c2cc(Cl)ccc2F)CC1. The Morgan fingerprint density at radius 1 is 1.16 bits per heavy atom. The second-order valence-electron chi connectivity index (χ2n) is 7.36. The summed E-state index contributed by atoms with van der Waals surface area (Å²) in [5.74, 6) is -1.10. The minimum Gasteiger partial charge on any atom is -0.336 e. The largest absolute Gasteiger partial charge is 0.336 e. The molecule has 162 valence electrons. The summed E-state index contributed by atoms with van der Waals surface area (Å²) in [4.78, 5) is 31.1. The van der Waals surface area contributed by atoms with E-state index in [9.17, 15) is 14.0 Å². The molecule has 0 radical (unpaired) electrons. The Labute approximate surface area is 186 Å². The molecular weight excluding hydrogens is 419 g/mol. The zero-order valence-electron chi connectivity index (χ0n) is 17.3. The van der Waals surface area contributed by atoms with Crippen LogP contribution in [0, 0.1) is 17.1 Å². The monoisotopic (exact) mass is 442 g/mol. The molecule has 0 spiro atoms. The van der Waals surface area contributed by atoms with Gasteiger partial charge in [-0.15, -0.1) is 0 Å². The van der Waals surface area contributed by atoms with Gasteiger partial charge in [0.2, 0.25) is 5.91 Å². The minimum atomic E-state index is -0.601. The number of piperazine rings is 1. The van der Waals surface area contributed by atoms with Gasteiger partial charge in [-0.25, -0.2) is 4.39 Å². The van der Waals surface area contributed by atoms with Gasteiger partial charge >= 0.3 is 0 Å². The number of hydrogen-bond acceptors (Lipinski definition) is 4. The van der Waals surface area contributed by atoms with Crippen LogP contribution >= 0.6 is 11.6 Å². The van der Waals surface area contributed by atoms with E-state index in [4.69, 9.17) is 16.9 Å². The molecule has 0 aromatic heterocycles. The topological polar surface area (TPSA) is 67.7 Å². The Morgan fingerprint density at radius 2 is 1.84 bits per heavy atom. The molecule has 3 rings (SSSR count). The molecule has 1 heterocycles. The number of amides is 2. The van der Waals surface area contributed by atoms with Crippen molar-refractivity contribution in [2.45, 2.75) is 19.4 Å². The fourth-order valence-electron chi connectivity index (χ4n) is 3.66. The molecule has 0 aliphatic carbocycles. The Balaban J connectivity index is 1.65. The summed E-state index contributed by atoms with van der Waals surface area (Å²) in [6.07, 6.45) is 0.237. The van der Waals surface area contributed by atoms with Gasteiger partial charge in [0, 0.05) is 43.4 Å². The summed E-state index contributed by atoms with van der Waals surface area (Å²) in [5.41, 5.74) is 0.705. The van der Waals surface area contributed by atoms with Crippen LogP contribution in [0.3, 0.4) is 0 Å². The number of para-hydroxylation sites is 1. The molecule has 1 aliphatic rings. The molecule has 2 aromatic carbocycles. The highest BCUT2D eigenvalue weighted by Crippen LogP contribution is 2.20. The standard InChI is InChI=1S/C23H24ClFN4O2/c1-17(22(30)29(11-5-10-26)19-6-3-2-4-7-19)27-12-14-28(15-13-27)23(31)20-16-18(24)8-9-21(20)25/h2-4,6-9,16-17H,5,11-15H2,1H3. The average molecular weight is 443 g/mol. The van der Waals surface area contributed by atoms with E-state index in [0.717, 1.165) is 5.69 Å². The molecule has 8 heteroatoms. The van der Waals surface area contributed by atoms with Crippen molar-refractivity contribution in [2.24, 2.45) is 0 Å². The van der Waals surface area contributed by atoms with Crippen LogP contribution in [-0.4, -0.2) is 60.4 Å². The molecule has 0 N–H and O–H groups in total. The van der Waals surface area contributed by atoms with Gasteiger partial charge in [0.25, 0.3) is 5.91 Å². The number of anilines is 1. The highest BCUT2D eigenvalue weighted by Gasteiger charge is 2.31. The molecule has 1 unspecified atom stereocenters. The van der Waals surface area contributed by atoms with Crippen molar-refractivity contribution >= 4 is 29.1 Å². The molecule has 1 aliphatic heterocycles. The van der Waals surface area contributed by atoms with Crippen molar-refractivity contribution in [3.63, 3.8) is 0 Å². The van der Waals surface area contributed by atoms with E-state index in [1.54, 1.807) is 9.80 Å². The quantitative estimate of drug-likeness (QED) is 0.685. The van der Waals surface area contributed by atoms with E-state index >= 15 is 0 Å². The van der Waals surface area contributed by atoms with Crippen LogP contribution < -0.4 is 4.90 Å². The van der Waals surface area contributed by atoms with Gasteiger partial charge in [-0.1, -0.05) is 29.8 Å². The van der Waals surface area contributed by atoms with Crippen molar-refractivity contribution in [3.8, 4) is 6.07 Å². The van der Waals surface area contributed by atoms with E-state index in [0.29, 0.717) is 37.7 Å². The van der Waals surface area contributed by atoms with Gasteiger partial charge in [0.05, 0.1) is 24.1 Å². The van der Waals surface area contributed by atoms with Crippen molar-refractivity contribution in [1.82, 2.24) is 9.80 Å². The lowest BCUT2D eigenvalue weighted by Gasteiger charge is -2.39. The highest BCUT2D eigenvalue weighted by atomic mass is 35.5. The second kappa shape index (κ2) is 10.4. The Bertz CT molecular complexity index is 971. The van der Waals surface area contributed by atoms with Crippen LogP contribution in [0.1, 0.15) is 23.7 Å². The molecule has 2 aromatic rings. The van der Waals surface area contributed by atoms with Crippen LogP contribution in [0.25, 0.3) is 0 Å². The van der Waals surface area contributed by atoms with Crippen LogP contribution in [-0.2, 0) is 4.79 Å². The van der Waals surface area contributed by atoms with Crippen molar-refractivity contribution < 1.29 is 14.0 Å². The maximum absolute atomic E-state index is 14.0. The number of hydrogen-bond donors (Lipinski definition) is 0. The van der Waals surface area contributed by atoms with Gasteiger partial charge in [0.1, 0.15) is 5.82 Å². The first-order valence-electron chi connectivity index (χ1n) is 10.1. The first-order chi connectivity index (χ1) is 14.9. The number of carbonyl (C=O) groups excluding carboxylic acids is 2. The molecule has 0 bridgehead atoms. The first-order valence-corrected chi connectivity index (χ1v) is 10.5. The predicted molar refractivity (Wildman–Crippen MR) is 117 cm³/mol. The van der Waals surface area contributed by atoms with Crippen LogP contribution in [0.4, 0.5) is 10.1 Å². The average Bonchev–Trinajstić information content (AvgIpc) is 2.80. The van der Waals surface area contributed by atoms with Crippen LogP contribution in [0.15, 0.2) is 48.5 Å². The molecule has 1 saturated heterocycles.